The van der Waals surface area contributed by atoms with Gasteiger partial charge in [-0.3, -0.25) is 0 Å². The summed E-state index contributed by atoms with van der Waals surface area (Å²) in [4.78, 5) is 4.28. The van der Waals surface area contributed by atoms with Crippen molar-refractivity contribution in [3.8, 4) is 6.07 Å². The number of benzene rings is 1. The highest BCUT2D eigenvalue weighted by atomic mass is 15.2. The Bertz CT molecular complexity index is 583. The fourth-order valence-corrected chi connectivity index (χ4v) is 1.41. The van der Waals surface area contributed by atoms with E-state index in [0.717, 1.165) is 17.0 Å². The Balaban J connectivity index is 2.02. The van der Waals surface area contributed by atoms with Gasteiger partial charge < -0.3 is 5.32 Å². The van der Waals surface area contributed by atoms with Gasteiger partial charge in [-0.25, -0.2) is 4.98 Å². The molecular formula is C13H13N5. The average molecular weight is 239 g/mol. The molecular weight excluding hydrogens is 226 g/mol. The number of hydrogen-bond acceptors (Lipinski definition) is 5. The van der Waals surface area contributed by atoms with Crippen molar-refractivity contribution >= 4 is 5.95 Å². The van der Waals surface area contributed by atoms with E-state index in [1.807, 2.05) is 26.0 Å². The maximum atomic E-state index is 8.70. The van der Waals surface area contributed by atoms with Crippen LogP contribution in [0.4, 0.5) is 5.95 Å². The van der Waals surface area contributed by atoms with E-state index in [4.69, 9.17) is 5.26 Å². The minimum atomic E-state index is 0.516. The lowest BCUT2D eigenvalue weighted by Crippen LogP contribution is -2.06. The van der Waals surface area contributed by atoms with Crippen LogP contribution in [0.2, 0.25) is 0 Å². The molecule has 0 saturated heterocycles. The van der Waals surface area contributed by atoms with Crippen LogP contribution >= 0.6 is 0 Å². The van der Waals surface area contributed by atoms with E-state index in [2.05, 4.69) is 26.6 Å². The molecule has 90 valence electrons. The molecule has 0 aliphatic heterocycles. The van der Waals surface area contributed by atoms with Crippen molar-refractivity contribution in [2.45, 2.75) is 20.4 Å². The lowest BCUT2D eigenvalue weighted by atomic mass is 10.1. The Morgan fingerprint density at radius 1 is 1.11 bits per heavy atom. The average Bonchev–Trinajstić information content (AvgIpc) is 2.41. The molecule has 5 heteroatoms. The molecule has 5 nitrogen and oxygen atoms in total. The normalized spacial score (nSPS) is 9.83. The molecule has 1 aromatic heterocycles. The van der Waals surface area contributed by atoms with Crippen molar-refractivity contribution in [2.24, 2.45) is 0 Å². The number of nitrogens with one attached hydrogen (secondary N) is 1. The summed E-state index contributed by atoms with van der Waals surface area (Å²) in [6.45, 7) is 4.38. The van der Waals surface area contributed by atoms with Crippen LogP contribution in [-0.4, -0.2) is 15.2 Å². The molecule has 1 N–H and O–H groups in total. The number of anilines is 1. The van der Waals surface area contributed by atoms with Gasteiger partial charge in [-0.05, 0) is 31.5 Å². The largest absolute Gasteiger partial charge is 0.349 e. The van der Waals surface area contributed by atoms with Crippen LogP contribution in [-0.2, 0) is 6.54 Å². The number of rotatable bonds is 3. The zero-order valence-electron chi connectivity index (χ0n) is 10.3. The van der Waals surface area contributed by atoms with Crippen LogP contribution in [0.3, 0.4) is 0 Å². The maximum Gasteiger partial charge on any atom is 0.243 e. The molecule has 0 aliphatic carbocycles. The van der Waals surface area contributed by atoms with Crippen LogP contribution in [0, 0.1) is 25.2 Å². The standard InChI is InChI=1S/C13H13N5/c1-9-10(2)17-18-13(16-9)15-8-12-5-3-11(7-14)4-6-12/h3-6H,8H2,1-2H3,(H,15,16,18). The highest BCUT2D eigenvalue weighted by Crippen LogP contribution is 2.07. The summed E-state index contributed by atoms with van der Waals surface area (Å²) in [5, 5.41) is 19.8. The summed E-state index contributed by atoms with van der Waals surface area (Å²) in [6.07, 6.45) is 0. The van der Waals surface area contributed by atoms with Gasteiger partial charge in [-0.2, -0.15) is 10.4 Å². The van der Waals surface area contributed by atoms with Crippen molar-refractivity contribution in [1.82, 2.24) is 15.2 Å². The van der Waals surface area contributed by atoms with E-state index in [1.54, 1.807) is 12.1 Å². The molecule has 1 heterocycles. The van der Waals surface area contributed by atoms with E-state index >= 15 is 0 Å². The zero-order valence-corrected chi connectivity index (χ0v) is 10.3. The molecule has 1 aromatic carbocycles. The van der Waals surface area contributed by atoms with Gasteiger partial charge in [0.05, 0.1) is 23.0 Å². The van der Waals surface area contributed by atoms with Crippen molar-refractivity contribution in [1.29, 1.82) is 5.26 Å². The van der Waals surface area contributed by atoms with E-state index < -0.39 is 0 Å². The second-order valence-electron chi connectivity index (χ2n) is 3.97. The zero-order chi connectivity index (χ0) is 13.0. The summed E-state index contributed by atoms with van der Waals surface area (Å²) in [5.41, 5.74) is 3.42. The van der Waals surface area contributed by atoms with Crippen molar-refractivity contribution < 1.29 is 0 Å². The van der Waals surface area contributed by atoms with Crippen molar-refractivity contribution in [3.05, 3.63) is 46.8 Å². The number of aromatic nitrogens is 3. The third kappa shape index (κ3) is 2.80. The van der Waals surface area contributed by atoms with Gasteiger partial charge in [0.25, 0.3) is 0 Å². The summed E-state index contributed by atoms with van der Waals surface area (Å²) in [6, 6.07) is 9.47. The van der Waals surface area contributed by atoms with E-state index in [-0.39, 0.29) is 0 Å². The van der Waals surface area contributed by atoms with Gasteiger partial charge in [0.1, 0.15) is 0 Å². The van der Waals surface area contributed by atoms with E-state index in [9.17, 15) is 0 Å². The second-order valence-corrected chi connectivity index (χ2v) is 3.97. The smallest absolute Gasteiger partial charge is 0.243 e. The molecule has 2 aromatic rings. The first-order valence-corrected chi connectivity index (χ1v) is 5.60. The number of hydrogen-bond donors (Lipinski definition) is 1. The van der Waals surface area contributed by atoms with Crippen LogP contribution in [0.15, 0.2) is 24.3 Å². The summed E-state index contributed by atoms with van der Waals surface area (Å²) < 4.78 is 0. The molecule has 0 unspecified atom stereocenters. The number of nitrogens with zero attached hydrogens (tertiary/aromatic N) is 4. The molecule has 2 rings (SSSR count). The molecule has 0 saturated carbocycles. The Hall–Kier alpha value is -2.48. The monoisotopic (exact) mass is 239 g/mol. The number of aryl methyl sites for hydroxylation is 2. The van der Waals surface area contributed by atoms with Crippen LogP contribution < -0.4 is 5.32 Å². The Labute approximate surface area is 106 Å². The summed E-state index contributed by atoms with van der Waals surface area (Å²) in [7, 11) is 0. The van der Waals surface area contributed by atoms with Gasteiger partial charge in [0.15, 0.2) is 0 Å². The first kappa shape index (κ1) is 12.0. The molecule has 0 radical (unpaired) electrons. The first-order valence-electron chi connectivity index (χ1n) is 5.60. The highest BCUT2D eigenvalue weighted by molar-refractivity contribution is 5.33. The first-order chi connectivity index (χ1) is 8.69. The maximum absolute atomic E-state index is 8.70. The fourth-order valence-electron chi connectivity index (χ4n) is 1.41. The Morgan fingerprint density at radius 3 is 2.44 bits per heavy atom. The topological polar surface area (TPSA) is 74.5 Å². The fraction of sp³-hybridized carbons (Fsp3) is 0.231. The quantitative estimate of drug-likeness (QED) is 0.886. The summed E-state index contributed by atoms with van der Waals surface area (Å²) >= 11 is 0. The summed E-state index contributed by atoms with van der Waals surface area (Å²) in [5.74, 6) is 0.516. The Morgan fingerprint density at radius 2 is 1.83 bits per heavy atom. The lowest BCUT2D eigenvalue weighted by molar-refractivity contribution is 0.885. The third-order valence-electron chi connectivity index (χ3n) is 2.63. The predicted molar refractivity (Wildman–Crippen MR) is 67.8 cm³/mol. The minimum Gasteiger partial charge on any atom is -0.349 e. The van der Waals surface area contributed by atoms with Gasteiger partial charge in [0, 0.05) is 6.54 Å². The molecule has 0 bridgehead atoms. The Kier molecular flexibility index (Phi) is 3.49. The molecule has 0 fully saturated rings. The third-order valence-corrected chi connectivity index (χ3v) is 2.63. The highest BCUT2D eigenvalue weighted by Gasteiger charge is 2.01. The second kappa shape index (κ2) is 5.23. The lowest BCUT2D eigenvalue weighted by Gasteiger charge is -2.05. The van der Waals surface area contributed by atoms with Crippen molar-refractivity contribution in [2.75, 3.05) is 5.32 Å². The molecule has 18 heavy (non-hydrogen) atoms. The SMILES string of the molecule is Cc1nnc(NCc2ccc(C#N)cc2)nc1C. The number of nitriles is 1. The molecule has 0 spiro atoms. The van der Waals surface area contributed by atoms with Gasteiger partial charge in [0.2, 0.25) is 5.95 Å². The molecule has 0 atom stereocenters. The molecule has 0 amide bonds. The van der Waals surface area contributed by atoms with Gasteiger partial charge >= 0.3 is 0 Å². The minimum absolute atomic E-state index is 0.516. The predicted octanol–water partition coefficient (Wildman–Crippen LogP) is 1.97. The van der Waals surface area contributed by atoms with Crippen LogP contribution in [0.1, 0.15) is 22.5 Å². The van der Waals surface area contributed by atoms with Gasteiger partial charge in [-0.15, -0.1) is 5.10 Å². The van der Waals surface area contributed by atoms with E-state index in [0.29, 0.717) is 18.1 Å². The van der Waals surface area contributed by atoms with Crippen LogP contribution in [0.25, 0.3) is 0 Å². The van der Waals surface area contributed by atoms with Crippen LogP contribution in [0.5, 0.6) is 0 Å². The van der Waals surface area contributed by atoms with Crippen molar-refractivity contribution in [3.63, 3.8) is 0 Å². The van der Waals surface area contributed by atoms with E-state index in [1.165, 1.54) is 0 Å². The molecule has 0 aliphatic rings. The van der Waals surface area contributed by atoms with Gasteiger partial charge in [-0.1, -0.05) is 12.1 Å².